The van der Waals surface area contributed by atoms with Gasteiger partial charge in [-0.3, -0.25) is 4.79 Å². The number of hydrogen-bond donors (Lipinski definition) is 1. The number of aromatic amines is 1. The van der Waals surface area contributed by atoms with Crippen LogP contribution in [0.3, 0.4) is 0 Å². The van der Waals surface area contributed by atoms with E-state index in [-0.39, 0.29) is 5.91 Å². The lowest BCUT2D eigenvalue weighted by Crippen LogP contribution is -2.32. The summed E-state index contributed by atoms with van der Waals surface area (Å²) in [5.74, 6) is 1.10. The van der Waals surface area contributed by atoms with Crippen molar-refractivity contribution in [3.63, 3.8) is 0 Å². The molecule has 0 aliphatic carbocycles. The topological polar surface area (TPSA) is 58.2 Å². The minimum absolute atomic E-state index is 0.0326. The molecule has 0 fully saturated rings. The van der Waals surface area contributed by atoms with E-state index < -0.39 is 0 Å². The molecule has 0 saturated carbocycles. The summed E-state index contributed by atoms with van der Waals surface area (Å²) in [4.78, 5) is 21.5. The van der Waals surface area contributed by atoms with Crippen molar-refractivity contribution in [1.29, 1.82) is 0 Å². The number of nitrogens with one attached hydrogen (secondary N) is 1. The highest BCUT2D eigenvalue weighted by molar-refractivity contribution is 7.99. The third kappa shape index (κ3) is 4.90. The van der Waals surface area contributed by atoms with Gasteiger partial charge in [0.25, 0.3) is 0 Å². The molecule has 0 bridgehead atoms. The summed E-state index contributed by atoms with van der Waals surface area (Å²) in [7, 11) is 1.77. The SMILES string of the molecule is CN(CCOc1ccc(Cl)cc1)C(=O)CSc1nc2ccccc2[nH]1. The van der Waals surface area contributed by atoms with Crippen molar-refractivity contribution >= 4 is 40.3 Å². The normalized spacial score (nSPS) is 10.8. The second-order valence-corrected chi connectivity index (χ2v) is 6.87. The Morgan fingerprint density at radius 1 is 1.24 bits per heavy atom. The molecule has 0 saturated heterocycles. The number of thioether (sulfide) groups is 1. The van der Waals surface area contributed by atoms with Crippen LogP contribution in [0.1, 0.15) is 0 Å². The van der Waals surface area contributed by atoms with E-state index in [1.54, 1.807) is 24.1 Å². The van der Waals surface area contributed by atoms with Crippen molar-refractivity contribution < 1.29 is 9.53 Å². The first-order valence-corrected chi connectivity index (χ1v) is 9.18. The fourth-order valence-electron chi connectivity index (χ4n) is 2.19. The molecule has 1 amide bonds. The fraction of sp³-hybridized carbons (Fsp3) is 0.222. The van der Waals surface area contributed by atoms with Gasteiger partial charge in [0.2, 0.25) is 5.91 Å². The first-order valence-electron chi connectivity index (χ1n) is 7.82. The van der Waals surface area contributed by atoms with Crippen molar-refractivity contribution in [2.45, 2.75) is 5.16 Å². The second kappa shape index (κ2) is 8.27. The molecule has 0 spiro atoms. The number of hydrogen-bond acceptors (Lipinski definition) is 4. The summed E-state index contributed by atoms with van der Waals surface area (Å²) < 4.78 is 5.61. The first kappa shape index (κ1) is 17.6. The third-order valence-corrected chi connectivity index (χ3v) is 4.74. The molecule has 25 heavy (non-hydrogen) atoms. The van der Waals surface area contributed by atoms with E-state index in [2.05, 4.69) is 9.97 Å². The number of benzene rings is 2. The first-order chi connectivity index (χ1) is 12.1. The molecular weight excluding hydrogens is 358 g/mol. The van der Waals surface area contributed by atoms with Crippen LogP contribution in [0.2, 0.25) is 5.02 Å². The Labute approximate surface area is 155 Å². The predicted molar refractivity (Wildman–Crippen MR) is 101 cm³/mol. The van der Waals surface area contributed by atoms with Crippen molar-refractivity contribution in [3.05, 3.63) is 53.6 Å². The van der Waals surface area contributed by atoms with Crippen molar-refractivity contribution in [2.24, 2.45) is 0 Å². The van der Waals surface area contributed by atoms with Crippen LogP contribution in [0.25, 0.3) is 11.0 Å². The van der Waals surface area contributed by atoms with Crippen LogP contribution >= 0.6 is 23.4 Å². The molecule has 0 unspecified atom stereocenters. The fourth-order valence-corrected chi connectivity index (χ4v) is 3.15. The smallest absolute Gasteiger partial charge is 0.232 e. The lowest BCUT2D eigenvalue weighted by Gasteiger charge is -2.17. The van der Waals surface area contributed by atoms with Crippen LogP contribution in [-0.4, -0.2) is 46.7 Å². The second-order valence-electron chi connectivity index (χ2n) is 5.47. The molecule has 1 heterocycles. The van der Waals surface area contributed by atoms with Gasteiger partial charge in [0.1, 0.15) is 12.4 Å². The minimum Gasteiger partial charge on any atom is -0.492 e. The summed E-state index contributed by atoms with van der Waals surface area (Å²) >= 11 is 7.23. The van der Waals surface area contributed by atoms with E-state index in [0.717, 1.165) is 21.9 Å². The number of carbonyl (C=O) groups is 1. The summed E-state index contributed by atoms with van der Waals surface area (Å²) in [6.07, 6.45) is 0. The number of fused-ring (bicyclic) bond motifs is 1. The molecule has 130 valence electrons. The van der Waals surface area contributed by atoms with Gasteiger partial charge in [0, 0.05) is 12.1 Å². The van der Waals surface area contributed by atoms with Crippen LogP contribution in [0.4, 0.5) is 0 Å². The van der Waals surface area contributed by atoms with Gasteiger partial charge in [0.05, 0.1) is 23.3 Å². The number of halogens is 1. The molecule has 0 atom stereocenters. The van der Waals surface area contributed by atoms with Gasteiger partial charge in [0.15, 0.2) is 5.16 Å². The number of ether oxygens (including phenoxy) is 1. The Balaban J connectivity index is 1.43. The van der Waals surface area contributed by atoms with E-state index in [1.807, 2.05) is 36.4 Å². The predicted octanol–water partition coefficient (Wildman–Crippen LogP) is 3.85. The molecule has 3 rings (SSSR count). The van der Waals surface area contributed by atoms with Crippen molar-refractivity contribution in [1.82, 2.24) is 14.9 Å². The lowest BCUT2D eigenvalue weighted by molar-refractivity contribution is -0.127. The zero-order valence-corrected chi connectivity index (χ0v) is 15.3. The van der Waals surface area contributed by atoms with Gasteiger partial charge in [-0.05, 0) is 36.4 Å². The summed E-state index contributed by atoms with van der Waals surface area (Å²) in [6.45, 7) is 0.946. The average Bonchev–Trinajstić information content (AvgIpc) is 3.04. The molecule has 3 aromatic rings. The highest BCUT2D eigenvalue weighted by Gasteiger charge is 2.11. The van der Waals surface area contributed by atoms with Gasteiger partial charge in [-0.25, -0.2) is 4.98 Å². The van der Waals surface area contributed by atoms with Crippen LogP contribution in [0.15, 0.2) is 53.7 Å². The van der Waals surface area contributed by atoms with Crippen LogP contribution in [-0.2, 0) is 4.79 Å². The lowest BCUT2D eigenvalue weighted by atomic mass is 10.3. The molecule has 0 aliphatic heterocycles. The molecule has 0 radical (unpaired) electrons. The minimum atomic E-state index is 0.0326. The number of imidazole rings is 1. The van der Waals surface area contributed by atoms with Gasteiger partial charge < -0.3 is 14.6 Å². The zero-order chi connectivity index (χ0) is 17.6. The number of amides is 1. The maximum absolute atomic E-state index is 12.2. The van der Waals surface area contributed by atoms with E-state index in [9.17, 15) is 4.79 Å². The Hall–Kier alpha value is -2.18. The van der Waals surface area contributed by atoms with Crippen molar-refractivity contribution in [3.8, 4) is 5.75 Å². The van der Waals surface area contributed by atoms with Crippen LogP contribution < -0.4 is 4.74 Å². The largest absolute Gasteiger partial charge is 0.492 e. The Kier molecular flexibility index (Phi) is 5.83. The molecular formula is C18H18ClN3O2S. The molecule has 2 aromatic carbocycles. The highest BCUT2D eigenvalue weighted by atomic mass is 35.5. The Bertz CT molecular complexity index is 818. The zero-order valence-electron chi connectivity index (χ0n) is 13.7. The summed E-state index contributed by atoms with van der Waals surface area (Å²) in [5.41, 5.74) is 1.88. The molecule has 0 aliphatic rings. The number of aromatic nitrogens is 2. The van der Waals surface area contributed by atoms with E-state index >= 15 is 0 Å². The number of likely N-dealkylation sites (N-methyl/N-ethyl adjacent to an activating group) is 1. The number of carbonyl (C=O) groups excluding carboxylic acids is 1. The van der Waals surface area contributed by atoms with E-state index in [0.29, 0.717) is 23.9 Å². The highest BCUT2D eigenvalue weighted by Crippen LogP contribution is 2.19. The van der Waals surface area contributed by atoms with E-state index in [4.69, 9.17) is 16.3 Å². The quantitative estimate of drug-likeness (QED) is 0.637. The van der Waals surface area contributed by atoms with Gasteiger partial charge in [-0.2, -0.15) is 0 Å². The van der Waals surface area contributed by atoms with Crippen molar-refractivity contribution in [2.75, 3.05) is 26.0 Å². The number of nitrogens with zero attached hydrogens (tertiary/aromatic N) is 2. The monoisotopic (exact) mass is 375 g/mol. The van der Waals surface area contributed by atoms with Gasteiger partial charge in [-0.15, -0.1) is 0 Å². The standard InChI is InChI=1S/C18H18ClN3O2S/c1-22(10-11-24-14-8-6-13(19)7-9-14)17(23)12-25-18-20-15-4-2-3-5-16(15)21-18/h2-9H,10-12H2,1H3,(H,20,21). The molecule has 7 heteroatoms. The summed E-state index contributed by atoms with van der Waals surface area (Å²) in [6, 6.07) is 15.0. The molecule has 1 aromatic heterocycles. The molecule has 1 N–H and O–H groups in total. The van der Waals surface area contributed by atoms with Gasteiger partial charge >= 0.3 is 0 Å². The molecule has 5 nitrogen and oxygen atoms in total. The maximum Gasteiger partial charge on any atom is 0.232 e. The van der Waals surface area contributed by atoms with E-state index in [1.165, 1.54) is 11.8 Å². The van der Waals surface area contributed by atoms with Gasteiger partial charge in [-0.1, -0.05) is 35.5 Å². The average molecular weight is 376 g/mol. The third-order valence-electron chi connectivity index (χ3n) is 3.63. The Morgan fingerprint density at radius 3 is 2.76 bits per heavy atom. The van der Waals surface area contributed by atoms with Crippen LogP contribution in [0, 0.1) is 0 Å². The summed E-state index contributed by atoms with van der Waals surface area (Å²) in [5, 5.41) is 1.42. The maximum atomic E-state index is 12.2. The van der Waals surface area contributed by atoms with Crippen LogP contribution in [0.5, 0.6) is 5.75 Å². The Morgan fingerprint density at radius 2 is 2.00 bits per heavy atom. The number of para-hydroxylation sites is 2. The number of rotatable bonds is 7. The number of H-pyrrole nitrogens is 1.